The van der Waals surface area contributed by atoms with Gasteiger partial charge in [-0.05, 0) is 18.4 Å². The zero-order valence-electron chi connectivity index (χ0n) is 15.9. The van der Waals surface area contributed by atoms with Crippen LogP contribution in [0.1, 0.15) is 28.8 Å². The van der Waals surface area contributed by atoms with Crippen molar-refractivity contribution in [2.24, 2.45) is 4.99 Å². The average molecular weight is 409 g/mol. The molecule has 6 nitrogen and oxygen atoms in total. The van der Waals surface area contributed by atoms with Gasteiger partial charge in [0.1, 0.15) is 0 Å². The van der Waals surface area contributed by atoms with Crippen LogP contribution in [0.25, 0.3) is 0 Å². The zero-order valence-corrected chi connectivity index (χ0v) is 17.6. The molecule has 1 aromatic heterocycles. The third-order valence-electron chi connectivity index (χ3n) is 3.96. The molecule has 2 aromatic rings. The molecule has 1 aromatic carbocycles. The van der Waals surface area contributed by atoms with Gasteiger partial charge in [-0.2, -0.15) is 0 Å². The third kappa shape index (κ3) is 8.09. The monoisotopic (exact) mass is 408 g/mol. The molecule has 2 rings (SSSR count). The fourth-order valence-electron chi connectivity index (χ4n) is 2.53. The summed E-state index contributed by atoms with van der Waals surface area (Å²) in [6.07, 6.45) is 4.34. The molecule has 0 saturated heterocycles. The maximum Gasteiger partial charge on any atom is 0.190 e. The number of nitrogens with zero attached hydrogens (tertiary/aromatic N) is 2. The topological polar surface area (TPSA) is 83.4 Å². The van der Waals surface area contributed by atoms with E-state index in [2.05, 4.69) is 27.5 Å². The number of thiazole rings is 1. The predicted molar refractivity (Wildman–Crippen MR) is 113 cm³/mol. The summed E-state index contributed by atoms with van der Waals surface area (Å²) in [5.41, 5.74) is 0.830. The second-order valence-corrected chi connectivity index (χ2v) is 9.56. The van der Waals surface area contributed by atoms with Crippen LogP contribution in [0, 0.1) is 0 Å². The largest absolute Gasteiger partial charge is 0.356 e. The van der Waals surface area contributed by atoms with Crippen molar-refractivity contribution in [3.8, 4) is 0 Å². The minimum absolute atomic E-state index is 0.0916. The van der Waals surface area contributed by atoms with Crippen LogP contribution < -0.4 is 10.6 Å². The molecule has 0 spiro atoms. The van der Waals surface area contributed by atoms with Gasteiger partial charge in [0, 0.05) is 37.6 Å². The van der Waals surface area contributed by atoms with Crippen LogP contribution in [-0.4, -0.2) is 45.3 Å². The molecule has 0 amide bonds. The van der Waals surface area contributed by atoms with Gasteiger partial charge in [-0.3, -0.25) is 4.99 Å². The van der Waals surface area contributed by atoms with E-state index in [1.54, 1.807) is 18.4 Å². The first-order valence-corrected chi connectivity index (χ1v) is 11.8. The van der Waals surface area contributed by atoms with E-state index < -0.39 is 9.84 Å². The highest BCUT2D eigenvalue weighted by molar-refractivity contribution is 7.90. The third-order valence-corrected chi connectivity index (χ3v) is 6.84. The quantitative estimate of drug-likeness (QED) is 0.358. The molecule has 0 atom stereocenters. The lowest BCUT2D eigenvalue weighted by Crippen LogP contribution is -2.39. The summed E-state index contributed by atoms with van der Waals surface area (Å²) in [6, 6.07) is 9.28. The summed E-state index contributed by atoms with van der Waals surface area (Å²) >= 11 is 1.74. The fourth-order valence-corrected chi connectivity index (χ4v) is 4.83. The van der Waals surface area contributed by atoms with Crippen molar-refractivity contribution < 1.29 is 8.42 Å². The van der Waals surface area contributed by atoms with Crippen molar-refractivity contribution in [3.63, 3.8) is 0 Å². The Bertz CT molecular complexity index is 817. The van der Waals surface area contributed by atoms with E-state index in [1.165, 1.54) is 4.88 Å². The Morgan fingerprint density at radius 1 is 1.19 bits per heavy atom. The standard InChI is InChI=1S/C19H28N4O2S2/c1-3-17-14-23-18(26-17)10-12-22-19(20-2)21-11-7-13-27(24,25)15-16-8-5-4-6-9-16/h4-6,8-9,14H,3,7,10-13,15H2,1-2H3,(H2,20,21,22). The van der Waals surface area contributed by atoms with Crippen LogP contribution in [0.3, 0.4) is 0 Å². The van der Waals surface area contributed by atoms with Crippen molar-refractivity contribution in [3.05, 3.63) is 52.0 Å². The minimum atomic E-state index is -3.10. The molecular weight excluding hydrogens is 380 g/mol. The van der Waals surface area contributed by atoms with Crippen molar-refractivity contribution in [1.29, 1.82) is 0 Å². The number of aryl methyl sites for hydroxylation is 1. The number of hydrogen-bond acceptors (Lipinski definition) is 5. The van der Waals surface area contributed by atoms with Gasteiger partial charge in [0.15, 0.2) is 15.8 Å². The molecule has 148 valence electrons. The first kappa shape index (κ1) is 21.4. The molecule has 0 saturated carbocycles. The zero-order chi connectivity index (χ0) is 19.5. The number of aromatic nitrogens is 1. The molecule has 2 N–H and O–H groups in total. The van der Waals surface area contributed by atoms with E-state index in [0.717, 1.165) is 30.0 Å². The van der Waals surface area contributed by atoms with E-state index in [-0.39, 0.29) is 11.5 Å². The highest BCUT2D eigenvalue weighted by Gasteiger charge is 2.11. The smallest absolute Gasteiger partial charge is 0.190 e. The highest BCUT2D eigenvalue weighted by Crippen LogP contribution is 2.13. The number of rotatable bonds is 10. The van der Waals surface area contributed by atoms with E-state index in [9.17, 15) is 8.42 Å². The number of guanidine groups is 1. The van der Waals surface area contributed by atoms with Gasteiger partial charge in [0.2, 0.25) is 0 Å². The number of benzene rings is 1. The molecule has 8 heteroatoms. The van der Waals surface area contributed by atoms with Gasteiger partial charge in [-0.1, -0.05) is 37.3 Å². The minimum Gasteiger partial charge on any atom is -0.356 e. The Morgan fingerprint density at radius 3 is 2.59 bits per heavy atom. The molecule has 0 fully saturated rings. The summed E-state index contributed by atoms with van der Waals surface area (Å²) in [5.74, 6) is 0.932. The summed E-state index contributed by atoms with van der Waals surface area (Å²) in [7, 11) is -1.39. The SMILES string of the molecule is CCc1cnc(CCNC(=NC)NCCCS(=O)(=O)Cc2ccccc2)s1. The van der Waals surface area contributed by atoms with Crippen LogP contribution in [0.5, 0.6) is 0 Å². The van der Waals surface area contributed by atoms with Gasteiger partial charge in [0.05, 0.1) is 16.5 Å². The molecule has 0 unspecified atom stereocenters. The Balaban J connectivity index is 1.65. The van der Waals surface area contributed by atoms with E-state index in [1.807, 2.05) is 36.5 Å². The lowest BCUT2D eigenvalue weighted by Gasteiger charge is -2.11. The normalized spacial score (nSPS) is 12.1. The van der Waals surface area contributed by atoms with Crippen molar-refractivity contribution in [2.45, 2.75) is 31.9 Å². The van der Waals surface area contributed by atoms with Crippen molar-refractivity contribution >= 4 is 27.1 Å². The molecule has 27 heavy (non-hydrogen) atoms. The van der Waals surface area contributed by atoms with Crippen LogP contribution in [0.4, 0.5) is 0 Å². The Morgan fingerprint density at radius 2 is 1.93 bits per heavy atom. The number of hydrogen-bond donors (Lipinski definition) is 2. The molecule has 0 radical (unpaired) electrons. The van der Waals surface area contributed by atoms with Crippen LogP contribution in [0.2, 0.25) is 0 Å². The molecule has 0 aliphatic rings. The van der Waals surface area contributed by atoms with E-state index in [0.29, 0.717) is 18.9 Å². The van der Waals surface area contributed by atoms with Gasteiger partial charge in [0.25, 0.3) is 0 Å². The first-order valence-electron chi connectivity index (χ1n) is 9.15. The first-order chi connectivity index (χ1) is 13.0. The van der Waals surface area contributed by atoms with E-state index >= 15 is 0 Å². The maximum absolute atomic E-state index is 12.2. The molecule has 0 bridgehead atoms. The van der Waals surface area contributed by atoms with Crippen LogP contribution in [0.15, 0.2) is 41.5 Å². The van der Waals surface area contributed by atoms with Gasteiger partial charge >= 0.3 is 0 Å². The molecule has 1 heterocycles. The van der Waals surface area contributed by atoms with Crippen LogP contribution >= 0.6 is 11.3 Å². The molecule has 0 aliphatic heterocycles. The summed E-state index contributed by atoms with van der Waals surface area (Å²) in [5, 5.41) is 7.52. The molecular formula is C19H28N4O2S2. The summed E-state index contributed by atoms with van der Waals surface area (Å²) in [6.45, 7) is 3.43. The fraction of sp³-hybridized carbons (Fsp3) is 0.474. The van der Waals surface area contributed by atoms with Gasteiger partial charge in [-0.25, -0.2) is 13.4 Å². The van der Waals surface area contributed by atoms with Crippen molar-refractivity contribution in [2.75, 3.05) is 25.9 Å². The lowest BCUT2D eigenvalue weighted by atomic mass is 10.2. The van der Waals surface area contributed by atoms with Gasteiger partial charge < -0.3 is 10.6 Å². The number of nitrogens with one attached hydrogen (secondary N) is 2. The average Bonchev–Trinajstić information content (AvgIpc) is 3.12. The van der Waals surface area contributed by atoms with Crippen molar-refractivity contribution in [1.82, 2.24) is 15.6 Å². The molecule has 0 aliphatic carbocycles. The second kappa shape index (κ2) is 11.0. The lowest BCUT2D eigenvalue weighted by molar-refractivity contribution is 0.591. The Hall–Kier alpha value is -1.93. The Kier molecular flexibility index (Phi) is 8.74. The predicted octanol–water partition coefficient (Wildman–Crippen LogP) is 2.42. The summed E-state index contributed by atoms with van der Waals surface area (Å²) < 4.78 is 24.4. The number of sulfone groups is 1. The van der Waals surface area contributed by atoms with Gasteiger partial charge in [-0.15, -0.1) is 11.3 Å². The van der Waals surface area contributed by atoms with E-state index in [4.69, 9.17) is 0 Å². The maximum atomic E-state index is 12.2. The van der Waals surface area contributed by atoms with Crippen LogP contribution in [-0.2, 0) is 28.4 Å². The number of aliphatic imine (C=N–C) groups is 1. The summed E-state index contributed by atoms with van der Waals surface area (Å²) in [4.78, 5) is 9.86. The highest BCUT2D eigenvalue weighted by atomic mass is 32.2. The second-order valence-electron chi connectivity index (χ2n) is 6.18. The Labute approximate surface area is 166 Å².